The maximum atomic E-state index is 11.1. The van der Waals surface area contributed by atoms with Crippen LogP contribution in [-0.4, -0.2) is 22.8 Å². The molecule has 0 saturated carbocycles. The summed E-state index contributed by atoms with van der Waals surface area (Å²) in [5.41, 5.74) is 0.0471. The maximum Gasteiger partial charge on any atom is 0.360 e. The van der Waals surface area contributed by atoms with Crippen molar-refractivity contribution in [1.29, 1.82) is 0 Å². The summed E-state index contributed by atoms with van der Waals surface area (Å²) in [7, 11) is 0. The van der Waals surface area contributed by atoms with Crippen LogP contribution >= 0.6 is 0 Å². The molecule has 0 radical (unpaired) electrons. The summed E-state index contributed by atoms with van der Waals surface area (Å²) in [6.45, 7) is 3.22. The Morgan fingerprint density at radius 2 is 2.62 bits per heavy atom. The second-order valence-electron chi connectivity index (χ2n) is 2.22. The zero-order chi connectivity index (χ0) is 9.68. The molecule has 0 aliphatic heterocycles. The Morgan fingerprint density at radius 3 is 3.15 bits per heavy atom. The van der Waals surface area contributed by atoms with E-state index in [0.717, 1.165) is 0 Å². The Bertz CT molecular complexity index is 305. The molecule has 0 atom stereocenters. The minimum atomic E-state index is -0.594. The van der Waals surface area contributed by atoms with Gasteiger partial charge in [-0.2, -0.15) is 0 Å². The first kappa shape index (κ1) is 9.47. The lowest BCUT2D eigenvalue weighted by molar-refractivity contribution is 0.0537. The van der Waals surface area contributed by atoms with E-state index in [2.05, 4.69) is 21.0 Å². The average molecular weight is 183 g/mol. The third kappa shape index (κ3) is 2.41. The maximum absolute atomic E-state index is 11.1. The van der Waals surface area contributed by atoms with Gasteiger partial charge >= 0.3 is 5.97 Å². The summed E-state index contributed by atoms with van der Waals surface area (Å²) in [6, 6.07) is 1.32. The highest BCUT2D eigenvalue weighted by atomic mass is 16.5. The lowest BCUT2D eigenvalue weighted by Gasteiger charge is -1.95. The molecule has 1 aromatic rings. The van der Waals surface area contributed by atoms with Crippen LogP contribution in [0.1, 0.15) is 16.2 Å². The molecule has 0 spiro atoms. The predicted octanol–water partition coefficient (Wildman–Crippen LogP) is 0.510. The zero-order valence-electron chi connectivity index (χ0n) is 6.90. The van der Waals surface area contributed by atoms with Gasteiger partial charge in [0.25, 0.3) is 0 Å². The van der Waals surface area contributed by atoms with Gasteiger partial charge in [0, 0.05) is 6.07 Å². The molecular weight excluding hydrogens is 174 g/mol. The first-order valence-electron chi connectivity index (χ1n) is 3.62. The summed E-state index contributed by atoms with van der Waals surface area (Å²) in [6.07, 6.45) is 1.45. The smallest absolute Gasteiger partial charge is 0.360 e. The first-order chi connectivity index (χ1) is 6.27. The molecule has 0 aromatic carbocycles. The van der Waals surface area contributed by atoms with Crippen LogP contribution in [0.25, 0.3) is 0 Å². The molecule has 13 heavy (non-hydrogen) atoms. The molecule has 0 aliphatic rings. The lowest BCUT2D eigenvalue weighted by atomic mass is 10.4. The number of nitrogens with zero attached hydrogens (tertiary/aromatic N) is 1. The molecule has 0 unspecified atom stereocenters. The van der Waals surface area contributed by atoms with Crippen LogP contribution in [0, 0.1) is 0 Å². The lowest BCUT2D eigenvalue weighted by Crippen LogP contribution is -2.04. The van der Waals surface area contributed by atoms with Crippen molar-refractivity contribution in [2.24, 2.45) is 0 Å². The first-order valence-corrected chi connectivity index (χ1v) is 3.62. The van der Waals surface area contributed by atoms with Gasteiger partial charge in [-0.25, -0.2) is 4.79 Å². The highest BCUT2D eigenvalue weighted by Gasteiger charge is 2.12. The monoisotopic (exact) mass is 183 g/mol. The Balaban J connectivity index is 2.60. The van der Waals surface area contributed by atoms with E-state index in [1.165, 1.54) is 12.1 Å². The summed E-state index contributed by atoms with van der Waals surface area (Å²) < 4.78 is 9.26. The Kier molecular flexibility index (Phi) is 3.22. The molecule has 1 aromatic heterocycles. The van der Waals surface area contributed by atoms with Crippen molar-refractivity contribution in [1.82, 2.24) is 5.16 Å². The number of rotatable bonds is 4. The number of hydrogen-bond acceptors (Lipinski definition) is 5. The number of hydrogen-bond donors (Lipinski definition) is 1. The molecule has 0 amide bonds. The fourth-order valence-corrected chi connectivity index (χ4v) is 0.692. The van der Waals surface area contributed by atoms with Crippen LogP contribution in [0.3, 0.4) is 0 Å². The van der Waals surface area contributed by atoms with Gasteiger partial charge in [-0.3, -0.25) is 0 Å². The highest BCUT2D eigenvalue weighted by molar-refractivity contribution is 5.87. The van der Waals surface area contributed by atoms with Crippen LogP contribution in [0.2, 0.25) is 0 Å². The van der Waals surface area contributed by atoms with Crippen LogP contribution < -0.4 is 0 Å². The van der Waals surface area contributed by atoms with Gasteiger partial charge in [-0.15, -0.1) is 0 Å². The minimum absolute atomic E-state index is 0.0471. The van der Waals surface area contributed by atoms with Crippen molar-refractivity contribution in [2.75, 3.05) is 6.61 Å². The molecule has 1 rings (SSSR count). The van der Waals surface area contributed by atoms with Crippen LogP contribution in [-0.2, 0) is 11.3 Å². The van der Waals surface area contributed by atoms with E-state index in [1.807, 2.05) is 0 Å². The van der Waals surface area contributed by atoms with Gasteiger partial charge in [0.15, 0.2) is 11.5 Å². The van der Waals surface area contributed by atoms with Crippen LogP contribution in [0.5, 0.6) is 0 Å². The molecule has 1 N–H and O–H groups in total. The fourth-order valence-electron chi connectivity index (χ4n) is 0.692. The number of aliphatic hydroxyl groups is 1. The van der Waals surface area contributed by atoms with Gasteiger partial charge in [0.1, 0.15) is 13.2 Å². The number of ether oxygens (including phenoxy) is 1. The summed E-state index contributed by atoms with van der Waals surface area (Å²) in [4.78, 5) is 11.1. The topological polar surface area (TPSA) is 72.6 Å². The van der Waals surface area contributed by atoms with E-state index in [4.69, 9.17) is 5.11 Å². The average Bonchev–Trinajstić information content (AvgIpc) is 2.62. The molecule has 5 heteroatoms. The normalized spacial score (nSPS) is 9.62. The standard InChI is InChI=1S/C8H9NO4/c1-2-3-12-8(11)7-4-6(5-10)13-9-7/h2,4,10H,1,3,5H2. The number of esters is 1. The summed E-state index contributed by atoms with van der Waals surface area (Å²) in [5.74, 6) is -0.367. The number of aliphatic hydroxyl groups excluding tert-OH is 1. The third-order valence-electron chi connectivity index (χ3n) is 1.26. The zero-order valence-corrected chi connectivity index (χ0v) is 6.90. The van der Waals surface area contributed by atoms with E-state index < -0.39 is 5.97 Å². The van der Waals surface area contributed by atoms with E-state index in [0.29, 0.717) is 0 Å². The number of carbonyl (C=O) groups is 1. The van der Waals surface area contributed by atoms with Gasteiger partial charge in [0.2, 0.25) is 0 Å². The SMILES string of the molecule is C=CCOC(=O)c1cc(CO)on1. The summed E-state index contributed by atoms with van der Waals surface area (Å²) in [5, 5.41) is 12.0. The van der Waals surface area contributed by atoms with Gasteiger partial charge in [0.05, 0.1) is 0 Å². The van der Waals surface area contributed by atoms with E-state index in [1.54, 1.807) is 0 Å². The van der Waals surface area contributed by atoms with Crippen molar-refractivity contribution < 1.29 is 19.2 Å². The second-order valence-corrected chi connectivity index (χ2v) is 2.22. The van der Waals surface area contributed by atoms with Crippen LogP contribution in [0.15, 0.2) is 23.2 Å². The highest BCUT2D eigenvalue weighted by Crippen LogP contribution is 2.04. The van der Waals surface area contributed by atoms with E-state index >= 15 is 0 Å². The minimum Gasteiger partial charge on any atom is -0.457 e. The van der Waals surface area contributed by atoms with Crippen molar-refractivity contribution in [2.45, 2.75) is 6.61 Å². The Labute approximate surface area is 74.6 Å². The van der Waals surface area contributed by atoms with Crippen molar-refractivity contribution in [3.05, 3.63) is 30.2 Å². The van der Waals surface area contributed by atoms with Gasteiger partial charge < -0.3 is 14.4 Å². The summed E-state index contributed by atoms with van der Waals surface area (Å²) >= 11 is 0. The Morgan fingerprint density at radius 1 is 1.85 bits per heavy atom. The van der Waals surface area contributed by atoms with E-state index in [-0.39, 0.29) is 24.7 Å². The number of carbonyl (C=O) groups excluding carboxylic acids is 1. The molecule has 70 valence electrons. The predicted molar refractivity (Wildman–Crippen MR) is 42.9 cm³/mol. The van der Waals surface area contributed by atoms with Crippen LogP contribution in [0.4, 0.5) is 0 Å². The van der Waals surface area contributed by atoms with Gasteiger partial charge in [-0.05, 0) is 0 Å². The van der Waals surface area contributed by atoms with Crippen molar-refractivity contribution in [3.63, 3.8) is 0 Å². The molecule has 0 saturated heterocycles. The molecule has 1 heterocycles. The molecular formula is C8H9NO4. The van der Waals surface area contributed by atoms with Crippen molar-refractivity contribution >= 4 is 5.97 Å². The van der Waals surface area contributed by atoms with E-state index in [9.17, 15) is 4.79 Å². The molecule has 0 fully saturated rings. The third-order valence-corrected chi connectivity index (χ3v) is 1.26. The second kappa shape index (κ2) is 4.42. The largest absolute Gasteiger partial charge is 0.457 e. The van der Waals surface area contributed by atoms with Gasteiger partial charge in [-0.1, -0.05) is 17.8 Å². The molecule has 0 bridgehead atoms. The fraction of sp³-hybridized carbons (Fsp3) is 0.250. The quantitative estimate of drug-likeness (QED) is 0.543. The van der Waals surface area contributed by atoms with Crippen molar-refractivity contribution in [3.8, 4) is 0 Å². The molecule has 0 aliphatic carbocycles. The molecule has 5 nitrogen and oxygen atoms in total. The number of aromatic nitrogens is 1. The Hall–Kier alpha value is -1.62.